The van der Waals surface area contributed by atoms with Crippen molar-refractivity contribution < 1.29 is 4.79 Å². The largest absolute Gasteiger partial charge is 0.312 e. The van der Waals surface area contributed by atoms with Gasteiger partial charge in [-0.25, -0.2) is 0 Å². The maximum absolute atomic E-state index is 12.2. The lowest BCUT2D eigenvalue weighted by molar-refractivity contribution is 0.101. The quantitative estimate of drug-likeness (QED) is 0.760. The molecule has 0 unspecified atom stereocenters. The van der Waals surface area contributed by atoms with Crippen LogP contribution in [0.1, 0.15) is 42.4 Å². The maximum Gasteiger partial charge on any atom is 0.261 e. The highest BCUT2D eigenvalue weighted by Gasteiger charge is 2.21. The van der Waals surface area contributed by atoms with Crippen LogP contribution >= 0.6 is 0 Å². The van der Waals surface area contributed by atoms with E-state index in [-0.39, 0.29) is 11.3 Å². The number of hydrogen-bond acceptors (Lipinski definition) is 3. The van der Waals surface area contributed by atoms with Gasteiger partial charge in [0.05, 0.1) is 5.56 Å². The fraction of sp³-hybridized carbons (Fsp3) is 0.571. The van der Waals surface area contributed by atoms with E-state index in [1.807, 2.05) is 6.92 Å². The van der Waals surface area contributed by atoms with Crippen LogP contribution in [0.15, 0.2) is 10.9 Å². The van der Waals surface area contributed by atoms with Gasteiger partial charge in [0.15, 0.2) is 5.78 Å². The van der Waals surface area contributed by atoms with Crippen LogP contribution in [0.4, 0.5) is 0 Å². The highest BCUT2D eigenvalue weighted by molar-refractivity contribution is 5.93. The summed E-state index contributed by atoms with van der Waals surface area (Å²) in [5.41, 5.74) is 2.44. The Kier molecular flexibility index (Phi) is 3.66. The third-order valence-electron chi connectivity index (χ3n) is 3.69. The fourth-order valence-corrected chi connectivity index (χ4v) is 2.63. The predicted octanol–water partition coefficient (Wildman–Crippen LogP) is 1.45. The van der Waals surface area contributed by atoms with Crippen LogP contribution < -0.4 is 5.56 Å². The van der Waals surface area contributed by atoms with E-state index in [0.717, 1.165) is 37.3 Å². The minimum atomic E-state index is -0.140. The molecule has 0 spiro atoms. The van der Waals surface area contributed by atoms with Gasteiger partial charge in [0.25, 0.3) is 5.56 Å². The van der Waals surface area contributed by atoms with Crippen LogP contribution in [-0.2, 0) is 19.5 Å². The number of nitrogens with zero attached hydrogens (tertiary/aromatic N) is 2. The first-order valence-electron chi connectivity index (χ1n) is 6.57. The van der Waals surface area contributed by atoms with E-state index in [1.54, 1.807) is 10.6 Å². The first kappa shape index (κ1) is 13.0. The molecule has 4 heteroatoms. The summed E-state index contributed by atoms with van der Waals surface area (Å²) in [5.74, 6) is -0.140. The number of fused-ring (bicyclic) bond motifs is 1. The van der Waals surface area contributed by atoms with Gasteiger partial charge in [0.2, 0.25) is 0 Å². The van der Waals surface area contributed by atoms with Crippen molar-refractivity contribution in [2.24, 2.45) is 0 Å². The van der Waals surface area contributed by atoms with Crippen molar-refractivity contribution in [2.75, 3.05) is 13.1 Å². The molecule has 18 heavy (non-hydrogen) atoms. The van der Waals surface area contributed by atoms with Gasteiger partial charge in [0.1, 0.15) is 0 Å². The lowest BCUT2D eigenvalue weighted by atomic mass is 10.0. The maximum atomic E-state index is 12.2. The van der Waals surface area contributed by atoms with E-state index in [0.29, 0.717) is 12.1 Å². The molecule has 1 aliphatic heterocycles. The molecule has 0 atom stereocenters. The third kappa shape index (κ3) is 2.12. The highest BCUT2D eigenvalue weighted by atomic mass is 16.1. The van der Waals surface area contributed by atoms with Crippen molar-refractivity contribution >= 4 is 5.78 Å². The molecule has 0 fully saturated rings. The zero-order valence-electron chi connectivity index (χ0n) is 11.3. The topological polar surface area (TPSA) is 42.3 Å². The number of hydrogen-bond donors (Lipinski definition) is 0. The Labute approximate surface area is 107 Å². The van der Waals surface area contributed by atoms with Crippen molar-refractivity contribution in [1.82, 2.24) is 9.47 Å². The first-order valence-corrected chi connectivity index (χ1v) is 6.57. The standard InChI is InChI=1S/C14H20N2O2/c1-4-15-7-6-13-11(9-15)8-12(10(3)17)14(18)16(13)5-2/h8H,4-7,9H2,1-3H3. The number of rotatable bonds is 3. The van der Waals surface area contributed by atoms with E-state index in [4.69, 9.17) is 0 Å². The van der Waals surface area contributed by atoms with Crippen molar-refractivity contribution in [3.63, 3.8) is 0 Å². The van der Waals surface area contributed by atoms with Crippen molar-refractivity contribution in [2.45, 2.75) is 40.3 Å². The summed E-state index contributed by atoms with van der Waals surface area (Å²) in [4.78, 5) is 26.1. The smallest absolute Gasteiger partial charge is 0.261 e. The molecule has 0 aliphatic carbocycles. The zero-order chi connectivity index (χ0) is 13.3. The van der Waals surface area contributed by atoms with E-state index in [1.165, 1.54) is 6.92 Å². The second-order valence-corrected chi connectivity index (χ2v) is 4.75. The molecule has 1 aromatic heterocycles. The van der Waals surface area contributed by atoms with Gasteiger partial charge in [-0.1, -0.05) is 6.92 Å². The lowest BCUT2D eigenvalue weighted by Crippen LogP contribution is -2.37. The van der Waals surface area contributed by atoms with Crippen LogP contribution in [-0.4, -0.2) is 28.3 Å². The molecule has 1 aromatic rings. The monoisotopic (exact) mass is 248 g/mol. The van der Waals surface area contributed by atoms with Gasteiger partial charge in [-0.2, -0.15) is 0 Å². The summed E-state index contributed by atoms with van der Waals surface area (Å²) in [5, 5.41) is 0. The molecule has 0 radical (unpaired) electrons. The number of Topliss-reactive ketones (excluding diaryl/α,β-unsaturated/α-hetero) is 1. The average Bonchev–Trinajstić information content (AvgIpc) is 2.37. The Bertz CT molecular complexity index is 531. The molecule has 0 bridgehead atoms. The molecule has 0 amide bonds. The van der Waals surface area contributed by atoms with Crippen LogP contribution in [0.5, 0.6) is 0 Å². The van der Waals surface area contributed by atoms with Gasteiger partial charge >= 0.3 is 0 Å². The summed E-state index contributed by atoms with van der Waals surface area (Å²) < 4.78 is 1.76. The number of carbonyl (C=O) groups is 1. The summed E-state index contributed by atoms with van der Waals surface area (Å²) in [6.07, 6.45) is 0.893. The Morgan fingerprint density at radius 1 is 1.33 bits per heavy atom. The molecule has 0 saturated carbocycles. The molecule has 0 N–H and O–H groups in total. The van der Waals surface area contributed by atoms with Gasteiger partial charge in [-0.15, -0.1) is 0 Å². The zero-order valence-corrected chi connectivity index (χ0v) is 11.3. The third-order valence-corrected chi connectivity index (χ3v) is 3.69. The minimum Gasteiger partial charge on any atom is -0.312 e. The Morgan fingerprint density at radius 3 is 2.61 bits per heavy atom. The minimum absolute atomic E-state index is 0.131. The normalized spacial score (nSPS) is 15.5. The van der Waals surface area contributed by atoms with Crippen molar-refractivity contribution in [1.29, 1.82) is 0 Å². The fourth-order valence-electron chi connectivity index (χ4n) is 2.63. The highest BCUT2D eigenvalue weighted by Crippen LogP contribution is 2.18. The molecule has 2 heterocycles. The number of pyridine rings is 1. The van der Waals surface area contributed by atoms with Crippen LogP contribution in [0.25, 0.3) is 0 Å². The van der Waals surface area contributed by atoms with Gasteiger partial charge in [-0.05, 0) is 32.0 Å². The molecule has 1 aliphatic rings. The summed E-state index contributed by atoms with van der Waals surface area (Å²) >= 11 is 0. The molecule has 98 valence electrons. The van der Waals surface area contributed by atoms with Crippen LogP contribution in [0.2, 0.25) is 0 Å². The van der Waals surface area contributed by atoms with Gasteiger partial charge in [-0.3, -0.25) is 14.5 Å². The average molecular weight is 248 g/mol. The molecule has 4 nitrogen and oxygen atoms in total. The predicted molar refractivity (Wildman–Crippen MR) is 71.0 cm³/mol. The SMILES string of the molecule is CCN1CCc2c(cc(C(C)=O)c(=O)n2CC)C1. The number of carbonyl (C=O) groups excluding carboxylic acids is 1. The second kappa shape index (κ2) is 5.06. The first-order chi connectivity index (χ1) is 8.58. The molecule has 0 aromatic carbocycles. The van der Waals surface area contributed by atoms with Gasteiger partial charge in [0, 0.05) is 31.7 Å². The molecule has 0 saturated heterocycles. The van der Waals surface area contributed by atoms with E-state index >= 15 is 0 Å². The molecular weight excluding hydrogens is 228 g/mol. The van der Waals surface area contributed by atoms with Crippen LogP contribution in [0, 0.1) is 0 Å². The number of ketones is 1. The Morgan fingerprint density at radius 2 is 2.06 bits per heavy atom. The summed E-state index contributed by atoms with van der Waals surface area (Å²) in [6.45, 7) is 9.01. The molecule has 2 rings (SSSR count). The molecular formula is C14H20N2O2. The van der Waals surface area contributed by atoms with E-state index in [2.05, 4.69) is 11.8 Å². The lowest BCUT2D eigenvalue weighted by Gasteiger charge is -2.29. The summed E-state index contributed by atoms with van der Waals surface area (Å²) in [7, 11) is 0. The van der Waals surface area contributed by atoms with Crippen molar-refractivity contribution in [3.8, 4) is 0 Å². The van der Waals surface area contributed by atoms with Gasteiger partial charge < -0.3 is 4.57 Å². The Balaban J connectivity index is 2.59. The Hall–Kier alpha value is -1.42. The van der Waals surface area contributed by atoms with Crippen LogP contribution in [0.3, 0.4) is 0 Å². The van der Waals surface area contributed by atoms with E-state index in [9.17, 15) is 9.59 Å². The van der Waals surface area contributed by atoms with Crippen molar-refractivity contribution in [3.05, 3.63) is 33.2 Å². The summed E-state index contributed by atoms with van der Waals surface area (Å²) in [6, 6.07) is 1.80. The number of aromatic nitrogens is 1. The number of likely N-dealkylation sites (N-methyl/N-ethyl adjacent to an activating group) is 1. The second-order valence-electron chi connectivity index (χ2n) is 4.75. The van der Waals surface area contributed by atoms with E-state index < -0.39 is 0 Å².